The van der Waals surface area contributed by atoms with E-state index >= 15 is 0 Å². The van der Waals surface area contributed by atoms with Crippen molar-refractivity contribution in [1.82, 2.24) is 9.55 Å². The Kier molecular flexibility index (Phi) is 4.77. The number of amides is 1. The number of hydrogen-bond donors (Lipinski definition) is 1. The Bertz CT molecular complexity index is 712. The molecule has 1 N–H and O–H groups in total. The van der Waals surface area contributed by atoms with Crippen molar-refractivity contribution in [3.63, 3.8) is 0 Å². The molecule has 1 aromatic carbocycles. The van der Waals surface area contributed by atoms with E-state index in [0.29, 0.717) is 5.02 Å². The van der Waals surface area contributed by atoms with Crippen LogP contribution in [0.3, 0.4) is 0 Å². The smallest absolute Gasteiger partial charge is 0.292 e. The first-order valence-electron chi connectivity index (χ1n) is 6.63. The second-order valence-electron chi connectivity index (χ2n) is 5.03. The van der Waals surface area contributed by atoms with Crippen molar-refractivity contribution in [2.75, 3.05) is 5.32 Å². The van der Waals surface area contributed by atoms with Gasteiger partial charge in [-0.1, -0.05) is 25.4 Å². The number of anilines is 1. The summed E-state index contributed by atoms with van der Waals surface area (Å²) in [7, 11) is 0. The number of rotatable bonds is 5. The van der Waals surface area contributed by atoms with Crippen LogP contribution in [-0.2, 0) is 11.3 Å². The number of halogens is 1. The molecule has 7 nitrogen and oxygen atoms in total. The van der Waals surface area contributed by atoms with Gasteiger partial charge in [-0.25, -0.2) is 4.98 Å². The number of hydrogen-bond acceptors (Lipinski definition) is 4. The van der Waals surface area contributed by atoms with Crippen LogP contribution in [0.15, 0.2) is 30.6 Å². The molecule has 0 fully saturated rings. The van der Waals surface area contributed by atoms with Gasteiger partial charge in [0.05, 0.1) is 4.92 Å². The van der Waals surface area contributed by atoms with Crippen LogP contribution in [0.5, 0.6) is 0 Å². The predicted molar refractivity (Wildman–Crippen MR) is 83.1 cm³/mol. The third-order valence-electron chi connectivity index (χ3n) is 3.01. The molecule has 0 spiro atoms. The molecule has 0 bridgehead atoms. The van der Waals surface area contributed by atoms with Crippen molar-refractivity contribution in [2.45, 2.75) is 26.3 Å². The van der Waals surface area contributed by atoms with E-state index in [1.807, 2.05) is 13.8 Å². The zero-order valence-electron chi connectivity index (χ0n) is 12.1. The van der Waals surface area contributed by atoms with Gasteiger partial charge in [-0.15, -0.1) is 0 Å². The summed E-state index contributed by atoms with van der Waals surface area (Å²) >= 11 is 5.83. The predicted octanol–water partition coefficient (Wildman–Crippen LogP) is 3.21. The van der Waals surface area contributed by atoms with Gasteiger partial charge in [-0.2, -0.15) is 0 Å². The number of nitrogens with one attached hydrogen (secondary N) is 1. The summed E-state index contributed by atoms with van der Waals surface area (Å²) in [6, 6.07) is 4.02. The monoisotopic (exact) mass is 322 g/mol. The summed E-state index contributed by atoms with van der Waals surface area (Å²) in [6.45, 7) is 3.97. The Labute approximate surface area is 132 Å². The maximum atomic E-state index is 12.1. The van der Waals surface area contributed by atoms with Gasteiger partial charge in [-0.05, 0) is 12.1 Å². The number of nitro benzene ring substituents is 1. The summed E-state index contributed by atoms with van der Waals surface area (Å²) in [5, 5.41) is 13.8. The van der Waals surface area contributed by atoms with E-state index in [0.717, 1.165) is 5.82 Å². The molecule has 0 saturated carbocycles. The van der Waals surface area contributed by atoms with Crippen molar-refractivity contribution in [2.24, 2.45) is 0 Å². The molecule has 0 aliphatic carbocycles. The number of benzene rings is 1. The molecule has 0 atom stereocenters. The molecular weight excluding hydrogens is 308 g/mol. The molecule has 0 saturated heterocycles. The van der Waals surface area contributed by atoms with E-state index in [1.54, 1.807) is 17.0 Å². The number of imidazole rings is 1. The second-order valence-corrected chi connectivity index (χ2v) is 5.47. The molecule has 0 radical (unpaired) electrons. The lowest BCUT2D eigenvalue weighted by Crippen LogP contribution is -2.20. The van der Waals surface area contributed by atoms with Gasteiger partial charge in [0.2, 0.25) is 5.91 Å². The Morgan fingerprint density at radius 1 is 1.50 bits per heavy atom. The third kappa shape index (κ3) is 3.62. The van der Waals surface area contributed by atoms with E-state index in [2.05, 4.69) is 10.3 Å². The number of aromatic nitrogens is 2. The van der Waals surface area contributed by atoms with Crippen molar-refractivity contribution >= 4 is 28.9 Å². The van der Waals surface area contributed by atoms with Crippen LogP contribution in [-0.4, -0.2) is 20.4 Å². The number of carbonyl (C=O) groups excluding carboxylic acids is 1. The normalized spacial score (nSPS) is 10.7. The summed E-state index contributed by atoms with van der Waals surface area (Å²) in [5.41, 5.74) is -0.124. The first kappa shape index (κ1) is 16.0. The largest absolute Gasteiger partial charge is 0.325 e. The molecule has 1 heterocycles. The average molecular weight is 323 g/mol. The van der Waals surface area contributed by atoms with Crippen molar-refractivity contribution < 1.29 is 9.72 Å². The van der Waals surface area contributed by atoms with Gasteiger partial charge in [0, 0.05) is 29.4 Å². The highest BCUT2D eigenvalue weighted by molar-refractivity contribution is 6.31. The molecule has 22 heavy (non-hydrogen) atoms. The molecule has 0 aliphatic heterocycles. The van der Waals surface area contributed by atoms with Crippen molar-refractivity contribution in [3.05, 3.63) is 51.6 Å². The highest BCUT2D eigenvalue weighted by Crippen LogP contribution is 2.27. The first-order valence-corrected chi connectivity index (χ1v) is 7.01. The lowest BCUT2D eigenvalue weighted by atomic mass is 10.2. The SMILES string of the molecule is CC(C)c1nccn1CC(=O)Nc1cc(Cl)ccc1[N+](=O)[O-]. The molecule has 0 unspecified atom stereocenters. The van der Waals surface area contributed by atoms with Gasteiger partial charge >= 0.3 is 0 Å². The lowest BCUT2D eigenvalue weighted by molar-refractivity contribution is -0.383. The fourth-order valence-corrected chi connectivity index (χ4v) is 2.24. The maximum Gasteiger partial charge on any atom is 0.292 e. The minimum Gasteiger partial charge on any atom is -0.325 e. The van der Waals surface area contributed by atoms with Crippen LogP contribution in [0.4, 0.5) is 11.4 Å². The number of nitrogens with zero attached hydrogens (tertiary/aromatic N) is 3. The van der Waals surface area contributed by atoms with Crippen molar-refractivity contribution in [1.29, 1.82) is 0 Å². The number of nitro groups is 1. The Morgan fingerprint density at radius 3 is 2.86 bits per heavy atom. The molecule has 8 heteroatoms. The zero-order valence-corrected chi connectivity index (χ0v) is 12.9. The fourth-order valence-electron chi connectivity index (χ4n) is 2.07. The molecule has 2 aromatic rings. The van der Waals surface area contributed by atoms with Crippen LogP contribution in [0.2, 0.25) is 5.02 Å². The highest BCUT2D eigenvalue weighted by atomic mass is 35.5. The maximum absolute atomic E-state index is 12.1. The standard InChI is InChI=1S/C14H15ClN4O3/c1-9(2)14-16-5-6-18(14)8-13(20)17-11-7-10(15)3-4-12(11)19(21)22/h3-7,9H,8H2,1-2H3,(H,17,20). The van der Waals surface area contributed by atoms with Crippen LogP contribution >= 0.6 is 11.6 Å². The summed E-state index contributed by atoms with van der Waals surface area (Å²) in [4.78, 5) is 26.7. The second kappa shape index (κ2) is 6.57. The van der Waals surface area contributed by atoms with E-state index in [4.69, 9.17) is 11.6 Å². The van der Waals surface area contributed by atoms with Gasteiger partial charge in [0.1, 0.15) is 18.1 Å². The average Bonchev–Trinajstić information content (AvgIpc) is 2.86. The highest BCUT2D eigenvalue weighted by Gasteiger charge is 2.17. The zero-order chi connectivity index (χ0) is 16.3. The quantitative estimate of drug-likeness (QED) is 0.676. The topological polar surface area (TPSA) is 90.1 Å². The van der Waals surface area contributed by atoms with Gasteiger partial charge < -0.3 is 9.88 Å². The summed E-state index contributed by atoms with van der Waals surface area (Å²) in [6.07, 6.45) is 3.31. The molecule has 1 aromatic heterocycles. The number of carbonyl (C=O) groups is 1. The van der Waals surface area contributed by atoms with Crippen LogP contribution in [0.25, 0.3) is 0 Å². The van der Waals surface area contributed by atoms with Crippen molar-refractivity contribution in [3.8, 4) is 0 Å². The van der Waals surface area contributed by atoms with E-state index in [-0.39, 0.29) is 29.7 Å². The Morgan fingerprint density at radius 2 is 2.23 bits per heavy atom. The lowest BCUT2D eigenvalue weighted by Gasteiger charge is -2.11. The Hall–Kier alpha value is -2.41. The molecule has 116 valence electrons. The van der Waals surface area contributed by atoms with Crippen LogP contribution < -0.4 is 5.32 Å². The Balaban J connectivity index is 2.17. The van der Waals surface area contributed by atoms with Crippen LogP contribution in [0.1, 0.15) is 25.6 Å². The van der Waals surface area contributed by atoms with E-state index < -0.39 is 4.92 Å². The molecule has 0 aliphatic rings. The van der Waals surface area contributed by atoms with Gasteiger partial charge in [-0.3, -0.25) is 14.9 Å². The molecular formula is C14H15ClN4O3. The van der Waals surface area contributed by atoms with Crippen LogP contribution in [0, 0.1) is 10.1 Å². The van der Waals surface area contributed by atoms with Gasteiger partial charge in [0.15, 0.2) is 0 Å². The van der Waals surface area contributed by atoms with E-state index in [9.17, 15) is 14.9 Å². The molecule has 2 rings (SSSR count). The fraction of sp³-hybridized carbons (Fsp3) is 0.286. The van der Waals surface area contributed by atoms with Gasteiger partial charge in [0.25, 0.3) is 5.69 Å². The minimum atomic E-state index is -0.567. The summed E-state index contributed by atoms with van der Waals surface area (Å²) < 4.78 is 1.70. The van der Waals surface area contributed by atoms with E-state index in [1.165, 1.54) is 18.2 Å². The third-order valence-corrected chi connectivity index (χ3v) is 3.24. The molecule has 1 amide bonds. The first-order chi connectivity index (χ1) is 10.4. The minimum absolute atomic E-state index is 0.0250. The summed E-state index contributed by atoms with van der Waals surface area (Å²) in [5.74, 6) is 0.560.